The number of rotatable bonds is 8. The molecule has 0 aromatic heterocycles. The zero-order valence-electron chi connectivity index (χ0n) is 8.51. The molecule has 0 rings (SSSR count). The molecule has 72 valence electrons. The highest BCUT2D eigenvalue weighted by Gasteiger charge is 2.08. The normalized spacial score (nSPS) is 11.7. The van der Waals surface area contributed by atoms with Crippen LogP contribution in [0, 0.1) is 0 Å². The van der Waals surface area contributed by atoms with Gasteiger partial charge in [-0.3, -0.25) is 0 Å². The van der Waals surface area contributed by atoms with Crippen LogP contribution in [0.3, 0.4) is 0 Å². The molecule has 0 spiro atoms. The Morgan fingerprint density at radius 2 is 1.50 bits per heavy atom. The molecule has 0 aliphatic carbocycles. The second-order valence-corrected chi connectivity index (χ2v) is 5.33. The summed E-state index contributed by atoms with van der Waals surface area (Å²) in [5.41, 5.74) is 0. The molecular formula is C10H22OP+. The number of unbranched alkanes of at least 4 members (excludes halogenated alkanes) is 5. The molecule has 0 N–H and O–H groups in total. The van der Waals surface area contributed by atoms with Crippen molar-refractivity contribution in [3.05, 3.63) is 0 Å². The zero-order chi connectivity index (χ0) is 9.23. The molecule has 0 aliphatic rings. The van der Waals surface area contributed by atoms with E-state index in [0.717, 1.165) is 12.3 Å². The fraction of sp³-hybridized carbons (Fsp3) is 1.00. The molecule has 0 aromatic rings. The van der Waals surface area contributed by atoms with Crippen LogP contribution in [0.5, 0.6) is 0 Å². The molecule has 1 unspecified atom stereocenters. The van der Waals surface area contributed by atoms with Gasteiger partial charge in [0.05, 0.1) is 0 Å². The van der Waals surface area contributed by atoms with Crippen molar-refractivity contribution in [3.63, 3.8) is 0 Å². The van der Waals surface area contributed by atoms with Crippen molar-refractivity contribution in [2.45, 2.75) is 52.4 Å². The van der Waals surface area contributed by atoms with Gasteiger partial charge in [-0.2, -0.15) is 0 Å². The first-order chi connectivity index (χ1) is 5.81. The monoisotopic (exact) mass is 189 g/mol. The van der Waals surface area contributed by atoms with Crippen molar-refractivity contribution in [1.82, 2.24) is 0 Å². The lowest BCUT2D eigenvalue weighted by atomic mass is 10.1. The Hall–Kier alpha value is 0.100. The average Bonchev–Trinajstić information content (AvgIpc) is 2.10. The molecule has 2 heteroatoms. The Bertz CT molecular complexity index is 112. The number of hydrogen-bond donors (Lipinski definition) is 0. The molecule has 0 radical (unpaired) electrons. The molecule has 0 saturated carbocycles. The minimum absolute atomic E-state index is 0.853. The van der Waals surface area contributed by atoms with Gasteiger partial charge in [-0.05, 0) is 19.8 Å². The zero-order valence-corrected chi connectivity index (χ0v) is 9.41. The summed E-state index contributed by atoms with van der Waals surface area (Å²) in [5.74, 6) is 0. The predicted molar refractivity (Wildman–Crippen MR) is 56.4 cm³/mol. The third-order valence-corrected chi connectivity index (χ3v) is 3.63. The molecular weight excluding hydrogens is 167 g/mol. The van der Waals surface area contributed by atoms with Gasteiger partial charge in [0, 0.05) is 0 Å². The molecule has 12 heavy (non-hydrogen) atoms. The van der Waals surface area contributed by atoms with Gasteiger partial charge in [0.25, 0.3) is 0 Å². The second-order valence-electron chi connectivity index (χ2n) is 3.29. The standard InChI is InChI=1S/C10H22OP/c1-3-5-6-7-8-9-10-12(11)4-2/h3-10H2,1-2H3/q+1. The van der Waals surface area contributed by atoms with Crippen molar-refractivity contribution in [3.8, 4) is 0 Å². The topological polar surface area (TPSA) is 17.1 Å². The molecule has 0 heterocycles. The Morgan fingerprint density at radius 3 is 2.08 bits per heavy atom. The highest BCUT2D eigenvalue weighted by atomic mass is 31.1. The first-order valence-electron chi connectivity index (χ1n) is 5.23. The van der Waals surface area contributed by atoms with E-state index in [1.54, 1.807) is 0 Å². The summed E-state index contributed by atoms with van der Waals surface area (Å²) in [6.07, 6.45) is 9.64. The molecule has 0 bridgehead atoms. The van der Waals surface area contributed by atoms with Crippen LogP contribution in [0.15, 0.2) is 0 Å². The van der Waals surface area contributed by atoms with Crippen molar-refractivity contribution < 1.29 is 4.57 Å². The van der Waals surface area contributed by atoms with Gasteiger partial charge in [0.2, 0.25) is 0 Å². The van der Waals surface area contributed by atoms with E-state index in [-0.39, 0.29) is 0 Å². The highest BCUT2D eigenvalue weighted by Crippen LogP contribution is 2.21. The maximum atomic E-state index is 11.0. The fourth-order valence-electron chi connectivity index (χ4n) is 1.23. The van der Waals surface area contributed by atoms with Crippen LogP contribution in [0.25, 0.3) is 0 Å². The summed E-state index contributed by atoms with van der Waals surface area (Å²) in [6, 6.07) is 0. The highest BCUT2D eigenvalue weighted by molar-refractivity contribution is 7.44. The summed E-state index contributed by atoms with van der Waals surface area (Å²) in [7, 11) is -0.853. The second kappa shape index (κ2) is 9.19. The lowest BCUT2D eigenvalue weighted by Crippen LogP contribution is -1.82. The van der Waals surface area contributed by atoms with E-state index in [2.05, 4.69) is 6.92 Å². The van der Waals surface area contributed by atoms with E-state index in [4.69, 9.17) is 0 Å². The Balaban J connectivity index is 2.95. The van der Waals surface area contributed by atoms with E-state index in [1.165, 1.54) is 38.5 Å². The Morgan fingerprint density at radius 1 is 0.917 bits per heavy atom. The quantitative estimate of drug-likeness (QED) is 0.413. The summed E-state index contributed by atoms with van der Waals surface area (Å²) in [4.78, 5) is 0. The third-order valence-electron chi connectivity index (χ3n) is 2.11. The molecule has 0 aromatic carbocycles. The summed E-state index contributed by atoms with van der Waals surface area (Å²) >= 11 is 0. The van der Waals surface area contributed by atoms with Crippen molar-refractivity contribution in [1.29, 1.82) is 0 Å². The molecule has 1 nitrogen and oxygen atoms in total. The van der Waals surface area contributed by atoms with Crippen LogP contribution in [0.1, 0.15) is 52.4 Å². The molecule has 0 amide bonds. The average molecular weight is 189 g/mol. The summed E-state index contributed by atoms with van der Waals surface area (Å²) in [5, 5.41) is 0. The molecule has 0 aliphatic heterocycles. The van der Waals surface area contributed by atoms with Crippen LogP contribution in [-0.2, 0) is 4.57 Å². The first kappa shape index (κ1) is 12.1. The Kier molecular flexibility index (Phi) is 9.27. The van der Waals surface area contributed by atoms with E-state index in [9.17, 15) is 4.57 Å². The number of hydrogen-bond acceptors (Lipinski definition) is 1. The Labute approximate surface area is 77.7 Å². The minimum Gasteiger partial charge on any atom is -0.0749 e. The molecule has 1 atom stereocenters. The van der Waals surface area contributed by atoms with E-state index < -0.39 is 7.80 Å². The smallest absolute Gasteiger partial charge is 0.0749 e. The van der Waals surface area contributed by atoms with Gasteiger partial charge >= 0.3 is 7.80 Å². The van der Waals surface area contributed by atoms with Crippen LogP contribution in [0.4, 0.5) is 0 Å². The van der Waals surface area contributed by atoms with Crippen molar-refractivity contribution >= 4 is 7.80 Å². The van der Waals surface area contributed by atoms with Gasteiger partial charge in [0.15, 0.2) is 0 Å². The van der Waals surface area contributed by atoms with Gasteiger partial charge in [-0.25, -0.2) is 0 Å². The van der Waals surface area contributed by atoms with Gasteiger partial charge in [-0.15, -0.1) is 0 Å². The van der Waals surface area contributed by atoms with Gasteiger partial charge < -0.3 is 0 Å². The van der Waals surface area contributed by atoms with Gasteiger partial charge in [0.1, 0.15) is 12.3 Å². The fourth-order valence-corrected chi connectivity index (χ4v) is 2.12. The van der Waals surface area contributed by atoms with Gasteiger partial charge in [-0.1, -0.05) is 37.2 Å². The van der Waals surface area contributed by atoms with E-state index in [1.807, 2.05) is 6.92 Å². The van der Waals surface area contributed by atoms with E-state index >= 15 is 0 Å². The predicted octanol–water partition coefficient (Wildman–Crippen LogP) is 4.19. The lowest BCUT2D eigenvalue weighted by Gasteiger charge is -1.95. The molecule has 0 fully saturated rings. The first-order valence-corrected chi connectivity index (χ1v) is 6.86. The molecule has 0 saturated heterocycles. The van der Waals surface area contributed by atoms with Crippen molar-refractivity contribution in [2.75, 3.05) is 12.3 Å². The summed E-state index contributed by atoms with van der Waals surface area (Å²) < 4.78 is 11.0. The van der Waals surface area contributed by atoms with Crippen molar-refractivity contribution in [2.24, 2.45) is 0 Å². The van der Waals surface area contributed by atoms with Crippen LogP contribution in [-0.4, -0.2) is 12.3 Å². The minimum atomic E-state index is -0.853. The SMILES string of the molecule is CCCCCCCC[P+](=O)CC. The maximum Gasteiger partial charge on any atom is 0.338 e. The van der Waals surface area contributed by atoms with Crippen LogP contribution < -0.4 is 0 Å². The largest absolute Gasteiger partial charge is 0.338 e. The van der Waals surface area contributed by atoms with Crippen LogP contribution in [0.2, 0.25) is 0 Å². The summed E-state index contributed by atoms with van der Waals surface area (Å²) in [6.45, 7) is 4.24. The lowest BCUT2D eigenvalue weighted by molar-refractivity contribution is 0.581. The maximum absolute atomic E-state index is 11.0. The third kappa shape index (κ3) is 8.20. The van der Waals surface area contributed by atoms with E-state index in [0.29, 0.717) is 0 Å². The van der Waals surface area contributed by atoms with Crippen LogP contribution >= 0.6 is 7.80 Å².